The van der Waals surface area contributed by atoms with Crippen LogP contribution in [0.15, 0.2) is 47.5 Å². The molecule has 0 bridgehead atoms. The minimum atomic E-state index is -4.82. The summed E-state index contributed by atoms with van der Waals surface area (Å²) in [5.41, 5.74) is 0.352. The summed E-state index contributed by atoms with van der Waals surface area (Å²) >= 11 is 0. The minimum Gasteiger partial charge on any atom is -0.496 e. The van der Waals surface area contributed by atoms with E-state index in [4.69, 9.17) is 4.74 Å². The molecule has 126 valence electrons. The third-order valence-electron chi connectivity index (χ3n) is 2.83. The van der Waals surface area contributed by atoms with Crippen molar-refractivity contribution < 1.29 is 27.6 Å². The second-order valence-electron chi connectivity index (χ2n) is 4.49. The van der Waals surface area contributed by atoms with Gasteiger partial charge in [-0.1, -0.05) is 6.07 Å². The van der Waals surface area contributed by atoms with Gasteiger partial charge in [-0.2, -0.15) is 0 Å². The van der Waals surface area contributed by atoms with Crippen LogP contribution in [0.25, 0.3) is 0 Å². The number of hydrogen-bond acceptors (Lipinski definition) is 5. The summed E-state index contributed by atoms with van der Waals surface area (Å²) in [6, 6.07) is 9.02. The first-order valence-corrected chi connectivity index (χ1v) is 6.51. The van der Waals surface area contributed by atoms with Crippen molar-refractivity contribution >= 4 is 17.6 Å². The summed E-state index contributed by atoms with van der Waals surface area (Å²) in [4.78, 5) is 14.2. The van der Waals surface area contributed by atoms with Crippen molar-refractivity contribution in [1.29, 1.82) is 0 Å². The lowest BCUT2D eigenvalue weighted by Gasteiger charge is -2.11. The van der Waals surface area contributed by atoms with Gasteiger partial charge in [-0.3, -0.25) is 15.1 Å². The van der Waals surface area contributed by atoms with Crippen LogP contribution in [0.1, 0.15) is 5.56 Å². The standard InChI is InChI=1S/C15H11F3N2O4/c1-23-14-6-5-13(24-15(16,17)18)7-10(14)9-19-11-3-2-4-12(8-11)20(21)22/h2-9H,1H3. The minimum absolute atomic E-state index is 0.147. The first-order valence-electron chi connectivity index (χ1n) is 6.51. The Labute approximate surface area is 134 Å². The van der Waals surface area contributed by atoms with Crippen molar-refractivity contribution in [2.45, 2.75) is 6.36 Å². The fourth-order valence-electron chi connectivity index (χ4n) is 1.84. The number of nitro benzene ring substituents is 1. The molecule has 0 radical (unpaired) electrons. The molecular weight excluding hydrogens is 329 g/mol. The predicted octanol–water partition coefficient (Wildman–Crippen LogP) is 4.25. The summed E-state index contributed by atoms with van der Waals surface area (Å²) in [6.45, 7) is 0. The zero-order valence-electron chi connectivity index (χ0n) is 12.3. The molecule has 0 saturated carbocycles. The van der Waals surface area contributed by atoms with Crippen LogP contribution in [0, 0.1) is 10.1 Å². The zero-order chi connectivity index (χ0) is 17.7. The maximum atomic E-state index is 12.3. The second kappa shape index (κ2) is 6.99. The maximum Gasteiger partial charge on any atom is 0.573 e. The molecule has 0 spiro atoms. The lowest BCUT2D eigenvalue weighted by molar-refractivity contribution is -0.384. The van der Waals surface area contributed by atoms with E-state index in [0.29, 0.717) is 0 Å². The molecule has 6 nitrogen and oxygen atoms in total. The molecule has 24 heavy (non-hydrogen) atoms. The van der Waals surface area contributed by atoms with E-state index in [1.165, 1.54) is 43.7 Å². The van der Waals surface area contributed by atoms with Crippen molar-refractivity contribution in [3.8, 4) is 11.5 Å². The molecular formula is C15H11F3N2O4. The fraction of sp³-hybridized carbons (Fsp3) is 0.133. The molecule has 9 heteroatoms. The summed E-state index contributed by atoms with van der Waals surface area (Å²) in [5.74, 6) is -0.150. The van der Waals surface area contributed by atoms with Gasteiger partial charge in [0.05, 0.1) is 17.7 Å². The predicted molar refractivity (Wildman–Crippen MR) is 80.0 cm³/mol. The Morgan fingerprint density at radius 3 is 2.58 bits per heavy atom. The van der Waals surface area contributed by atoms with E-state index in [1.807, 2.05) is 0 Å². The molecule has 0 unspecified atom stereocenters. The first kappa shape index (κ1) is 17.3. The van der Waals surface area contributed by atoms with E-state index in [9.17, 15) is 23.3 Å². The van der Waals surface area contributed by atoms with Crippen LogP contribution in [-0.4, -0.2) is 24.6 Å². The first-order chi connectivity index (χ1) is 11.3. The third-order valence-corrected chi connectivity index (χ3v) is 2.83. The van der Waals surface area contributed by atoms with Crippen molar-refractivity contribution in [3.63, 3.8) is 0 Å². The van der Waals surface area contributed by atoms with E-state index in [0.717, 1.165) is 12.1 Å². The molecule has 0 heterocycles. The lowest BCUT2D eigenvalue weighted by Crippen LogP contribution is -2.17. The number of nitro groups is 1. The fourth-order valence-corrected chi connectivity index (χ4v) is 1.84. The van der Waals surface area contributed by atoms with Gasteiger partial charge in [0.15, 0.2) is 0 Å². The van der Waals surface area contributed by atoms with Gasteiger partial charge in [0.25, 0.3) is 5.69 Å². The van der Waals surface area contributed by atoms with Gasteiger partial charge in [0.2, 0.25) is 0 Å². The number of methoxy groups -OCH3 is 1. The smallest absolute Gasteiger partial charge is 0.496 e. The maximum absolute atomic E-state index is 12.3. The van der Waals surface area contributed by atoms with Crippen LogP contribution >= 0.6 is 0 Å². The van der Waals surface area contributed by atoms with Crippen LogP contribution in [0.4, 0.5) is 24.5 Å². The normalized spacial score (nSPS) is 11.5. The molecule has 0 fully saturated rings. The van der Waals surface area contributed by atoms with Crippen LogP contribution in [0.3, 0.4) is 0 Å². The van der Waals surface area contributed by atoms with E-state index in [1.54, 1.807) is 0 Å². The molecule has 0 aliphatic carbocycles. The number of hydrogen-bond donors (Lipinski definition) is 0. The van der Waals surface area contributed by atoms with Crippen LogP contribution < -0.4 is 9.47 Å². The SMILES string of the molecule is COc1ccc(OC(F)(F)F)cc1C=Nc1cccc([N+](=O)[O-])c1. The van der Waals surface area contributed by atoms with Crippen molar-refractivity contribution in [3.05, 3.63) is 58.1 Å². The Morgan fingerprint density at radius 2 is 1.96 bits per heavy atom. The number of ether oxygens (including phenoxy) is 2. The molecule has 0 aliphatic rings. The van der Waals surface area contributed by atoms with Crippen LogP contribution in [0.2, 0.25) is 0 Å². The van der Waals surface area contributed by atoms with Crippen molar-refractivity contribution in [2.24, 2.45) is 4.99 Å². The highest BCUT2D eigenvalue weighted by molar-refractivity contribution is 5.86. The Balaban J connectivity index is 2.31. The second-order valence-corrected chi connectivity index (χ2v) is 4.49. The molecule has 2 aromatic carbocycles. The number of aliphatic imine (C=N–C) groups is 1. The van der Waals surface area contributed by atoms with Crippen LogP contribution in [0.5, 0.6) is 11.5 Å². The molecule has 0 aliphatic heterocycles. The van der Waals surface area contributed by atoms with Crippen molar-refractivity contribution in [2.75, 3.05) is 7.11 Å². The molecule has 0 N–H and O–H groups in total. The summed E-state index contributed by atoms with van der Waals surface area (Å²) in [7, 11) is 1.35. The Morgan fingerprint density at radius 1 is 1.21 bits per heavy atom. The van der Waals surface area contributed by atoms with Gasteiger partial charge >= 0.3 is 6.36 Å². The van der Waals surface area contributed by atoms with Crippen molar-refractivity contribution in [1.82, 2.24) is 0 Å². The number of alkyl halides is 3. The zero-order valence-corrected chi connectivity index (χ0v) is 12.3. The van der Waals surface area contributed by atoms with E-state index < -0.39 is 17.0 Å². The number of nitrogens with zero attached hydrogens (tertiary/aromatic N) is 2. The average molecular weight is 340 g/mol. The van der Waals surface area contributed by atoms with Gasteiger partial charge in [-0.25, -0.2) is 0 Å². The molecule has 0 saturated heterocycles. The highest BCUT2D eigenvalue weighted by Crippen LogP contribution is 2.28. The van der Waals surface area contributed by atoms with Crippen LogP contribution in [-0.2, 0) is 0 Å². The topological polar surface area (TPSA) is 74.0 Å². The Hall–Kier alpha value is -3.10. The quantitative estimate of drug-likeness (QED) is 0.463. The number of non-ortho nitro benzene ring substituents is 1. The number of rotatable bonds is 5. The van der Waals surface area contributed by atoms with Gasteiger partial charge in [0, 0.05) is 23.9 Å². The molecule has 2 rings (SSSR count). The van der Waals surface area contributed by atoms with E-state index in [2.05, 4.69) is 9.73 Å². The van der Waals surface area contributed by atoms with E-state index >= 15 is 0 Å². The summed E-state index contributed by atoms with van der Waals surface area (Å²) < 4.78 is 45.7. The van der Waals surface area contributed by atoms with Gasteiger partial charge in [-0.15, -0.1) is 13.2 Å². The summed E-state index contributed by atoms with van der Waals surface area (Å²) in [6.07, 6.45) is -3.58. The highest BCUT2D eigenvalue weighted by Gasteiger charge is 2.31. The third kappa shape index (κ3) is 4.70. The molecule has 2 aromatic rings. The molecule has 0 atom stereocenters. The largest absolute Gasteiger partial charge is 0.573 e. The summed E-state index contributed by atoms with van der Waals surface area (Å²) in [5, 5.41) is 10.7. The highest BCUT2D eigenvalue weighted by atomic mass is 19.4. The van der Waals surface area contributed by atoms with E-state index in [-0.39, 0.29) is 22.7 Å². The molecule has 0 aromatic heterocycles. The van der Waals surface area contributed by atoms with Gasteiger partial charge < -0.3 is 9.47 Å². The average Bonchev–Trinajstić information content (AvgIpc) is 2.52. The Kier molecular flexibility index (Phi) is 5.02. The molecule has 0 amide bonds. The number of halogens is 3. The van der Waals surface area contributed by atoms with Gasteiger partial charge in [0.1, 0.15) is 11.5 Å². The monoisotopic (exact) mass is 340 g/mol. The lowest BCUT2D eigenvalue weighted by atomic mass is 10.2. The van der Waals surface area contributed by atoms with Gasteiger partial charge in [-0.05, 0) is 24.3 Å². The Bertz CT molecular complexity index is 776. The number of benzene rings is 2.